The van der Waals surface area contributed by atoms with Crippen LogP contribution in [0.15, 0.2) is 79.0 Å². The summed E-state index contributed by atoms with van der Waals surface area (Å²) in [6, 6.07) is 20.8. The second kappa shape index (κ2) is 16.1. The van der Waals surface area contributed by atoms with E-state index in [1.165, 1.54) is 6.07 Å². The van der Waals surface area contributed by atoms with Gasteiger partial charge in [0.1, 0.15) is 11.8 Å². The van der Waals surface area contributed by atoms with Crippen molar-refractivity contribution in [2.24, 2.45) is 5.92 Å². The predicted molar refractivity (Wildman–Crippen MR) is 168 cm³/mol. The van der Waals surface area contributed by atoms with E-state index in [2.05, 4.69) is 15.6 Å². The third-order valence-electron chi connectivity index (χ3n) is 7.72. The number of carboxylic acids is 1. The van der Waals surface area contributed by atoms with Crippen molar-refractivity contribution < 1.29 is 34.2 Å². The molecule has 3 aromatic carbocycles. The number of para-hydroxylation sites is 1. The number of amides is 3. The molecule has 1 heterocycles. The van der Waals surface area contributed by atoms with E-state index in [1.54, 1.807) is 37.0 Å². The predicted octanol–water partition coefficient (Wildman–Crippen LogP) is 3.80. The molecular formula is C34H38N4O7. The Balaban J connectivity index is 1.46. The molecule has 0 bridgehead atoms. The highest BCUT2D eigenvalue weighted by Crippen LogP contribution is 2.21. The Bertz CT molecular complexity index is 1620. The van der Waals surface area contributed by atoms with Gasteiger partial charge >= 0.3 is 5.97 Å². The van der Waals surface area contributed by atoms with Crippen molar-refractivity contribution in [2.75, 3.05) is 13.7 Å². The van der Waals surface area contributed by atoms with Gasteiger partial charge in [-0.2, -0.15) is 0 Å². The van der Waals surface area contributed by atoms with Gasteiger partial charge in [0.2, 0.25) is 17.7 Å². The number of fused-ring (bicyclic) bond motifs is 1. The van der Waals surface area contributed by atoms with Crippen molar-refractivity contribution in [1.82, 2.24) is 21.1 Å². The molecule has 0 saturated carbocycles. The summed E-state index contributed by atoms with van der Waals surface area (Å²) in [5.74, 6) is -2.65. The third kappa shape index (κ3) is 9.41. The van der Waals surface area contributed by atoms with E-state index in [-0.39, 0.29) is 24.9 Å². The highest BCUT2D eigenvalue weighted by Gasteiger charge is 2.28. The van der Waals surface area contributed by atoms with Crippen LogP contribution in [-0.4, -0.2) is 58.7 Å². The average molecular weight is 615 g/mol. The number of nitrogens with one attached hydrogen (secondary N) is 4. The standard InChI is InChI=1S/C34H38N4O7/c1-45-27-14-12-22(13-15-27)6-4-8-24(20-31(39)38-44)32(40)37-30(19-26-21-36-29-11-3-2-10-28(26)29)33(41)35-17-16-23-7-5-9-25(18-23)34(42)43/h2-3,5,7,9-15,18,21,24,30,36,44H,4,6,8,16-17,19-20H2,1H3,(H,35,41)(H,37,40)(H,38,39)(H,42,43)/t24-,30+/m0/s1. The van der Waals surface area contributed by atoms with Crippen molar-refractivity contribution in [1.29, 1.82) is 0 Å². The highest BCUT2D eigenvalue weighted by molar-refractivity contribution is 5.92. The van der Waals surface area contributed by atoms with E-state index in [4.69, 9.17) is 9.94 Å². The van der Waals surface area contributed by atoms with Gasteiger partial charge in [-0.3, -0.25) is 19.6 Å². The first-order valence-electron chi connectivity index (χ1n) is 14.8. The minimum absolute atomic E-state index is 0.160. The number of aryl methyl sites for hydroxylation is 1. The number of hydrogen-bond donors (Lipinski definition) is 6. The fourth-order valence-electron chi connectivity index (χ4n) is 5.27. The molecule has 0 aliphatic rings. The number of rotatable bonds is 16. The van der Waals surface area contributed by atoms with E-state index >= 15 is 0 Å². The minimum Gasteiger partial charge on any atom is -0.497 e. The molecule has 0 aliphatic heterocycles. The van der Waals surface area contributed by atoms with E-state index < -0.39 is 35.7 Å². The number of aromatic carboxylic acids is 1. The zero-order chi connectivity index (χ0) is 32.2. The Morgan fingerprint density at radius 2 is 1.69 bits per heavy atom. The number of hydroxylamine groups is 1. The maximum Gasteiger partial charge on any atom is 0.335 e. The number of carboxylic acid groups (broad SMARTS) is 1. The van der Waals surface area contributed by atoms with Crippen molar-refractivity contribution in [3.8, 4) is 5.75 Å². The van der Waals surface area contributed by atoms with Gasteiger partial charge in [-0.15, -0.1) is 0 Å². The van der Waals surface area contributed by atoms with E-state index in [0.29, 0.717) is 25.7 Å². The van der Waals surface area contributed by atoms with Gasteiger partial charge in [-0.05, 0) is 72.7 Å². The normalized spacial score (nSPS) is 12.2. The summed E-state index contributed by atoms with van der Waals surface area (Å²) in [6.07, 6.45) is 3.76. The molecule has 2 atom stereocenters. The van der Waals surface area contributed by atoms with Gasteiger partial charge in [0.05, 0.1) is 12.7 Å². The Morgan fingerprint density at radius 1 is 0.911 bits per heavy atom. The van der Waals surface area contributed by atoms with Crippen LogP contribution in [0.4, 0.5) is 0 Å². The fourth-order valence-corrected chi connectivity index (χ4v) is 5.27. The molecule has 236 valence electrons. The van der Waals surface area contributed by atoms with Crippen molar-refractivity contribution in [3.05, 3.63) is 101 Å². The number of aromatic amines is 1. The quantitative estimate of drug-likeness (QED) is 0.0824. The van der Waals surface area contributed by atoms with Gasteiger partial charge in [0.15, 0.2) is 0 Å². The maximum atomic E-state index is 13.6. The van der Waals surface area contributed by atoms with Crippen molar-refractivity contribution in [3.63, 3.8) is 0 Å². The van der Waals surface area contributed by atoms with Crippen molar-refractivity contribution >= 4 is 34.6 Å². The third-order valence-corrected chi connectivity index (χ3v) is 7.72. The summed E-state index contributed by atoms with van der Waals surface area (Å²) < 4.78 is 5.20. The summed E-state index contributed by atoms with van der Waals surface area (Å²) in [7, 11) is 1.59. The SMILES string of the molecule is COc1ccc(CCC[C@@H](CC(=O)NO)C(=O)N[C@H](Cc2c[nH]c3ccccc23)C(=O)NCCc2cccc(C(=O)O)c2)cc1. The lowest BCUT2D eigenvalue weighted by Crippen LogP contribution is -2.50. The minimum atomic E-state index is -1.03. The van der Waals surface area contributed by atoms with Gasteiger partial charge in [0.25, 0.3) is 0 Å². The number of carbonyl (C=O) groups is 4. The molecule has 0 unspecified atom stereocenters. The lowest BCUT2D eigenvalue weighted by atomic mass is 9.94. The van der Waals surface area contributed by atoms with Gasteiger partial charge in [-0.1, -0.05) is 42.5 Å². The van der Waals surface area contributed by atoms with Gasteiger partial charge < -0.3 is 25.5 Å². The number of methoxy groups -OCH3 is 1. The topological polar surface area (TPSA) is 170 Å². The smallest absolute Gasteiger partial charge is 0.335 e. The second-order valence-electron chi connectivity index (χ2n) is 10.8. The molecule has 0 fully saturated rings. The molecule has 0 spiro atoms. The van der Waals surface area contributed by atoms with E-state index in [1.807, 2.05) is 48.5 Å². The van der Waals surface area contributed by atoms with E-state index in [0.717, 1.165) is 33.3 Å². The van der Waals surface area contributed by atoms with Crippen LogP contribution >= 0.6 is 0 Å². The fraction of sp³-hybridized carbons (Fsp3) is 0.294. The number of H-pyrrole nitrogens is 1. The first kappa shape index (κ1) is 32.7. The van der Waals surface area contributed by atoms with Crippen molar-refractivity contribution in [2.45, 2.75) is 44.6 Å². The molecular weight excluding hydrogens is 576 g/mol. The van der Waals surface area contributed by atoms with Crippen LogP contribution in [0.5, 0.6) is 5.75 Å². The first-order chi connectivity index (χ1) is 21.8. The maximum absolute atomic E-state index is 13.6. The first-order valence-corrected chi connectivity index (χ1v) is 14.8. The molecule has 4 rings (SSSR count). The van der Waals surface area contributed by atoms with Crippen LogP contribution < -0.4 is 20.9 Å². The molecule has 6 N–H and O–H groups in total. The Hall–Kier alpha value is -5.16. The highest BCUT2D eigenvalue weighted by atomic mass is 16.5. The average Bonchev–Trinajstić information content (AvgIpc) is 3.46. The van der Waals surface area contributed by atoms with Crippen LogP contribution in [0, 0.1) is 5.92 Å². The zero-order valence-corrected chi connectivity index (χ0v) is 25.0. The molecule has 3 amide bonds. The Morgan fingerprint density at radius 3 is 2.42 bits per heavy atom. The van der Waals surface area contributed by atoms with Crippen LogP contribution in [0.2, 0.25) is 0 Å². The molecule has 0 radical (unpaired) electrons. The van der Waals surface area contributed by atoms with Crippen LogP contribution in [0.25, 0.3) is 10.9 Å². The summed E-state index contributed by atoms with van der Waals surface area (Å²) in [4.78, 5) is 53.7. The summed E-state index contributed by atoms with van der Waals surface area (Å²) in [5, 5.41) is 25.1. The van der Waals surface area contributed by atoms with E-state index in [9.17, 15) is 24.3 Å². The number of benzene rings is 3. The molecule has 0 aliphatic carbocycles. The van der Waals surface area contributed by atoms with Crippen LogP contribution in [-0.2, 0) is 33.6 Å². The molecule has 11 heteroatoms. The molecule has 1 aromatic heterocycles. The number of carbonyl (C=O) groups excluding carboxylic acids is 3. The van der Waals surface area contributed by atoms with Crippen LogP contribution in [0.1, 0.15) is 46.3 Å². The second-order valence-corrected chi connectivity index (χ2v) is 10.8. The summed E-state index contributed by atoms with van der Waals surface area (Å²) in [6.45, 7) is 0.223. The zero-order valence-electron chi connectivity index (χ0n) is 25.0. The number of aromatic nitrogens is 1. The molecule has 11 nitrogen and oxygen atoms in total. The Kier molecular flexibility index (Phi) is 11.7. The van der Waals surface area contributed by atoms with Crippen LogP contribution in [0.3, 0.4) is 0 Å². The summed E-state index contributed by atoms with van der Waals surface area (Å²) >= 11 is 0. The molecule has 4 aromatic rings. The van der Waals surface area contributed by atoms with Gasteiger partial charge in [0, 0.05) is 42.4 Å². The van der Waals surface area contributed by atoms with Gasteiger partial charge in [-0.25, -0.2) is 10.3 Å². The number of hydrogen-bond acceptors (Lipinski definition) is 6. The lowest BCUT2D eigenvalue weighted by Gasteiger charge is -2.22. The molecule has 0 saturated heterocycles. The largest absolute Gasteiger partial charge is 0.497 e. The Labute approximate surface area is 260 Å². The summed E-state index contributed by atoms with van der Waals surface area (Å²) in [5.41, 5.74) is 5.30. The lowest BCUT2D eigenvalue weighted by molar-refractivity contribution is -0.136. The molecule has 45 heavy (non-hydrogen) atoms. The number of ether oxygens (including phenoxy) is 1. The monoisotopic (exact) mass is 614 g/mol.